The summed E-state index contributed by atoms with van der Waals surface area (Å²) in [6.45, 7) is 8.87. The van der Waals surface area contributed by atoms with Crippen molar-refractivity contribution >= 4 is 17.4 Å². The van der Waals surface area contributed by atoms with Gasteiger partial charge in [0.15, 0.2) is 11.5 Å². The Balaban J connectivity index is 1.77. The van der Waals surface area contributed by atoms with Gasteiger partial charge in [0.05, 0.1) is 0 Å². The molecule has 2 aromatic rings. The molecule has 5 heteroatoms. The monoisotopic (exact) mass is 338 g/mol. The molecule has 1 aromatic heterocycles. The molecule has 0 bridgehead atoms. The van der Waals surface area contributed by atoms with E-state index in [0.29, 0.717) is 18.2 Å². The highest BCUT2D eigenvalue weighted by Crippen LogP contribution is 2.22. The first-order valence-corrected chi connectivity index (χ1v) is 9.05. The lowest BCUT2D eigenvalue weighted by molar-refractivity contribution is 0.0982. The van der Waals surface area contributed by atoms with Gasteiger partial charge in [0.25, 0.3) is 5.91 Å². The Morgan fingerprint density at radius 3 is 2.76 bits per heavy atom. The molecule has 5 nitrogen and oxygen atoms in total. The number of benzene rings is 1. The average molecular weight is 338 g/mol. The molecule has 0 spiro atoms. The molecule has 1 aliphatic rings. The molecule has 0 N–H and O–H groups in total. The van der Waals surface area contributed by atoms with Gasteiger partial charge >= 0.3 is 0 Å². The fraction of sp³-hybridized carbons (Fsp3) is 0.450. The number of rotatable bonds is 4. The zero-order valence-corrected chi connectivity index (χ0v) is 15.3. The fourth-order valence-electron chi connectivity index (χ4n) is 3.38. The fourth-order valence-corrected chi connectivity index (χ4v) is 3.38. The molecular formula is C20H26N4O. The molecule has 1 saturated heterocycles. The molecule has 25 heavy (non-hydrogen) atoms. The summed E-state index contributed by atoms with van der Waals surface area (Å²) in [5.41, 5.74) is 2.41. The number of amides is 1. The second kappa shape index (κ2) is 7.64. The van der Waals surface area contributed by atoms with Crippen molar-refractivity contribution in [2.45, 2.75) is 33.6 Å². The lowest BCUT2D eigenvalue weighted by atomic mass is 10.0. The Morgan fingerprint density at radius 1 is 1.28 bits per heavy atom. The summed E-state index contributed by atoms with van der Waals surface area (Å²) in [5, 5.41) is 8.53. The zero-order valence-electron chi connectivity index (χ0n) is 15.3. The van der Waals surface area contributed by atoms with E-state index >= 15 is 0 Å². The summed E-state index contributed by atoms with van der Waals surface area (Å²) in [5.74, 6) is 1.43. The summed E-state index contributed by atoms with van der Waals surface area (Å²) in [6.07, 6.45) is 2.45. The molecule has 1 aliphatic heterocycles. The van der Waals surface area contributed by atoms with Crippen LogP contribution in [0.2, 0.25) is 0 Å². The average Bonchev–Trinajstić information content (AvgIpc) is 2.62. The molecule has 1 atom stereocenters. The van der Waals surface area contributed by atoms with Crippen LogP contribution in [0, 0.1) is 12.8 Å². The van der Waals surface area contributed by atoms with Gasteiger partial charge in [0.2, 0.25) is 0 Å². The number of hydrogen-bond donors (Lipinski definition) is 0. The van der Waals surface area contributed by atoms with Crippen molar-refractivity contribution in [3.05, 3.63) is 47.7 Å². The molecule has 132 valence electrons. The molecule has 1 aromatic carbocycles. The molecule has 2 heterocycles. The Bertz CT molecular complexity index is 729. The van der Waals surface area contributed by atoms with E-state index in [0.717, 1.165) is 30.2 Å². The van der Waals surface area contributed by atoms with E-state index in [1.807, 2.05) is 44.2 Å². The van der Waals surface area contributed by atoms with Crippen LogP contribution in [0.15, 0.2) is 36.4 Å². The molecule has 1 fully saturated rings. The minimum Gasteiger partial charge on any atom is -0.355 e. The van der Waals surface area contributed by atoms with E-state index in [9.17, 15) is 4.79 Å². The maximum Gasteiger partial charge on any atom is 0.278 e. The van der Waals surface area contributed by atoms with Gasteiger partial charge in [0.1, 0.15) is 0 Å². The van der Waals surface area contributed by atoms with Crippen molar-refractivity contribution in [1.29, 1.82) is 0 Å². The largest absolute Gasteiger partial charge is 0.355 e. The summed E-state index contributed by atoms with van der Waals surface area (Å²) >= 11 is 0. The van der Waals surface area contributed by atoms with Crippen LogP contribution >= 0.6 is 0 Å². The SMILES string of the molecule is CCN(C(=O)c1ccc(N2CCCC(C)C2)nn1)c1cccc(C)c1. The van der Waals surface area contributed by atoms with Crippen LogP contribution in [0.4, 0.5) is 11.5 Å². The minimum atomic E-state index is -0.112. The highest BCUT2D eigenvalue weighted by Gasteiger charge is 2.21. The van der Waals surface area contributed by atoms with Gasteiger partial charge in [-0.1, -0.05) is 19.1 Å². The Morgan fingerprint density at radius 2 is 2.12 bits per heavy atom. The number of carbonyl (C=O) groups is 1. The molecule has 1 unspecified atom stereocenters. The number of carbonyl (C=O) groups excluding carboxylic acids is 1. The minimum absolute atomic E-state index is 0.112. The molecule has 0 radical (unpaired) electrons. The molecule has 0 saturated carbocycles. The second-order valence-corrected chi connectivity index (χ2v) is 6.86. The van der Waals surface area contributed by atoms with E-state index in [1.165, 1.54) is 12.8 Å². The Kier molecular flexibility index (Phi) is 5.31. The predicted octanol–water partition coefficient (Wildman–Crippen LogP) is 3.69. The maximum absolute atomic E-state index is 12.8. The maximum atomic E-state index is 12.8. The lowest BCUT2D eigenvalue weighted by Gasteiger charge is -2.31. The Hall–Kier alpha value is -2.43. The summed E-state index contributed by atoms with van der Waals surface area (Å²) in [7, 11) is 0. The lowest BCUT2D eigenvalue weighted by Crippen LogP contribution is -2.35. The normalized spacial score (nSPS) is 17.4. The third kappa shape index (κ3) is 3.98. The first kappa shape index (κ1) is 17.4. The van der Waals surface area contributed by atoms with E-state index in [1.54, 1.807) is 11.0 Å². The van der Waals surface area contributed by atoms with Crippen LogP contribution in [-0.2, 0) is 0 Å². The number of aromatic nitrogens is 2. The second-order valence-electron chi connectivity index (χ2n) is 6.86. The van der Waals surface area contributed by atoms with E-state index in [-0.39, 0.29) is 5.91 Å². The van der Waals surface area contributed by atoms with Gasteiger partial charge in [-0.15, -0.1) is 10.2 Å². The highest BCUT2D eigenvalue weighted by molar-refractivity contribution is 6.04. The first-order valence-electron chi connectivity index (χ1n) is 9.05. The topological polar surface area (TPSA) is 49.3 Å². The van der Waals surface area contributed by atoms with Crippen LogP contribution in [0.3, 0.4) is 0 Å². The molecule has 0 aliphatic carbocycles. The number of nitrogens with zero attached hydrogens (tertiary/aromatic N) is 4. The van der Waals surface area contributed by atoms with Crippen LogP contribution in [0.1, 0.15) is 42.7 Å². The standard InChI is InChI=1S/C20H26N4O/c1-4-24(17-9-5-7-15(2)13-17)20(25)18-10-11-19(22-21-18)23-12-6-8-16(3)14-23/h5,7,9-11,13,16H,4,6,8,12,14H2,1-3H3. The molecular weight excluding hydrogens is 312 g/mol. The van der Waals surface area contributed by atoms with Crippen molar-refractivity contribution in [3.63, 3.8) is 0 Å². The smallest absolute Gasteiger partial charge is 0.278 e. The van der Waals surface area contributed by atoms with Crippen LogP contribution in [0.5, 0.6) is 0 Å². The van der Waals surface area contributed by atoms with E-state index < -0.39 is 0 Å². The van der Waals surface area contributed by atoms with Crippen LogP contribution < -0.4 is 9.80 Å². The first-order chi connectivity index (χ1) is 12.1. The predicted molar refractivity (Wildman–Crippen MR) is 101 cm³/mol. The summed E-state index contributed by atoms with van der Waals surface area (Å²) in [4.78, 5) is 16.8. The van der Waals surface area contributed by atoms with Crippen molar-refractivity contribution in [1.82, 2.24) is 10.2 Å². The van der Waals surface area contributed by atoms with Gasteiger partial charge < -0.3 is 9.80 Å². The number of hydrogen-bond acceptors (Lipinski definition) is 4. The number of piperidine rings is 1. The summed E-state index contributed by atoms with van der Waals surface area (Å²) < 4.78 is 0. The van der Waals surface area contributed by atoms with Gasteiger partial charge in [-0.25, -0.2) is 0 Å². The third-order valence-corrected chi connectivity index (χ3v) is 4.73. The summed E-state index contributed by atoms with van der Waals surface area (Å²) in [6, 6.07) is 11.7. The van der Waals surface area contributed by atoms with E-state index in [4.69, 9.17) is 0 Å². The highest BCUT2D eigenvalue weighted by atomic mass is 16.2. The quantitative estimate of drug-likeness (QED) is 0.853. The third-order valence-electron chi connectivity index (χ3n) is 4.73. The van der Waals surface area contributed by atoms with Gasteiger partial charge in [-0.3, -0.25) is 4.79 Å². The number of aryl methyl sites for hydroxylation is 1. The van der Waals surface area contributed by atoms with Crippen LogP contribution in [0.25, 0.3) is 0 Å². The van der Waals surface area contributed by atoms with Crippen molar-refractivity contribution < 1.29 is 4.79 Å². The Labute approximate surface area is 149 Å². The van der Waals surface area contributed by atoms with Gasteiger partial charge in [0, 0.05) is 25.3 Å². The van der Waals surface area contributed by atoms with Crippen molar-refractivity contribution in [2.75, 3.05) is 29.4 Å². The van der Waals surface area contributed by atoms with Gasteiger partial charge in [-0.2, -0.15) is 0 Å². The van der Waals surface area contributed by atoms with Gasteiger partial charge in [-0.05, 0) is 62.4 Å². The van der Waals surface area contributed by atoms with Crippen molar-refractivity contribution in [2.24, 2.45) is 5.92 Å². The molecule has 3 rings (SSSR count). The van der Waals surface area contributed by atoms with E-state index in [2.05, 4.69) is 22.0 Å². The van der Waals surface area contributed by atoms with Crippen molar-refractivity contribution in [3.8, 4) is 0 Å². The zero-order chi connectivity index (χ0) is 17.8. The molecule has 1 amide bonds. The van der Waals surface area contributed by atoms with Crippen LogP contribution in [-0.4, -0.2) is 35.7 Å². The number of anilines is 2.